The minimum atomic E-state index is -1.76. The summed E-state index contributed by atoms with van der Waals surface area (Å²) in [4.78, 5) is 86.7. The van der Waals surface area contributed by atoms with E-state index >= 15 is 0 Å². The van der Waals surface area contributed by atoms with Gasteiger partial charge in [-0.25, -0.2) is 4.79 Å². The summed E-state index contributed by atoms with van der Waals surface area (Å²) in [5, 5.41) is 25.6. The van der Waals surface area contributed by atoms with Crippen LogP contribution < -0.4 is 33.2 Å². The minimum absolute atomic E-state index is 0.0757. The predicted molar refractivity (Wildman–Crippen MR) is 138 cm³/mol. The van der Waals surface area contributed by atoms with Crippen molar-refractivity contribution in [3.8, 4) is 0 Å². The number of carboxylic acids is 2. The van der Waals surface area contributed by atoms with Crippen LogP contribution in [-0.4, -0.2) is 80.8 Å². The van der Waals surface area contributed by atoms with Gasteiger partial charge in [-0.2, -0.15) is 0 Å². The Hall–Kier alpha value is -4.99. The Bertz CT molecular complexity index is 1290. The quantitative estimate of drug-likeness (QED) is 0.101. The number of benzene rings is 1. The fourth-order valence-electron chi connectivity index (χ4n) is 3.80. The number of rotatable bonds is 16. The van der Waals surface area contributed by atoms with E-state index in [-0.39, 0.29) is 6.42 Å². The summed E-state index contributed by atoms with van der Waals surface area (Å²) in [6, 6.07) is 1.18. The summed E-state index contributed by atoms with van der Waals surface area (Å²) in [5.74, 6) is -8.00. The second-order valence-corrected chi connectivity index (χ2v) is 8.97. The number of hydrogen-bond donors (Lipinski definition) is 9. The molecule has 4 atom stereocenters. The van der Waals surface area contributed by atoms with Gasteiger partial charge in [-0.15, -0.1) is 0 Å². The molecule has 2 rings (SSSR count). The number of H-pyrrole nitrogens is 1. The lowest BCUT2D eigenvalue weighted by molar-refractivity contribution is -0.144. The molecule has 0 spiro atoms. The van der Waals surface area contributed by atoms with Crippen LogP contribution >= 0.6 is 0 Å². The smallest absolute Gasteiger partial charge is 0.326 e. The maximum absolute atomic E-state index is 13.0. The van der Waals surface area contributed by atoms with Crippen LogP contribution in [0.1, 0.15) is 31.2 Å². The molecule has 2 aromatic rings. The van der Waals surface area contributed by atoms with Gasteiger partial charge in [0.25, 0.3) is 0 Å². The lowest BCUT2D eigenvalue weighted by atomic mass is 10.0. The molecule has 0 bridgehead atoms. The van der Waals surface area contributed by atoms with Crippen molar-refractivity contribution in [1.29, 1.82) is 0 Å². The second-order valence-electron chi connectivity index (χ2n) is 8.97. The highest BCUT2D eigenvalue weighted by Crippen LogP contribution is 2.18. The second kappa shape index (κ2) is 14.2. The van der Waals surface area contributed by atoms with Crippen molar-refractivity contribution in [2.24, 2.45) is 17.2 Å². The summed E-state index contributed by atoms with van der Waals surface area (Å²) in [5.41, 5.74) is 17.7. The van der Waals surface area contributed by atoms with Gasteiger partial charge in [-0.1, -0.05) is 18.2 Å². The molecule has 1 aromatic carbocycles. The number of nitrogens with one attached hydrogen (secondary N) is 4. The molecule has 0 aliphatic rings. The molecule has 40 heavy (non-hydrogen) atoms. The summed E-state index contributed by atoms with van der Waals surface area (Å²) in [6.45, 7) is 0. The maximum atomic E-state index is 13.0. The van der Waals surface area contributed by atoms with E-state index in [0.29, 0.717) is 0 Å². The zero-order chi connectivity index (χ0) is 30.0. The normalized spacial score (nSPS) is 13.8. The number of primary amides is 2. The van der Waals surface area contributed by atoms with E-state index in [1.807, 2.05) is 29.6 Å². The number of aromatic nitrogens is 1. The molecule has 0 aliphatic heterocycles. The molecule has 0 saturated carbocycles. The number of carbonyl (C=O) groups is 7. The average Bonchev–Trinajstić information content (AvgIpc) is 3.27. The van der Waals surface area contributed by atoms with Gasteiger partial charge in [0, 0.05) is 23.5 Å². The van der Waals surface area contributed by atoms with E-state index in [1.165, 1.54) is 0 Å². The molecule has 5 amide bonds. The Balaban J connectivity index is 2.17. The Morgan fingerprint density at radius 1 is 0.800 bits per heavy atom. The van der Waals surface area contributed by atoms with Gasteiger partial charge in [0.05, 0.1) is 18.9 Å². The van der Waals surface area contributed by atoms with Crippen LogP contribution in [0.2, 0.25) is 0 Å². The highest BCUT2D eigenvalue weighted by molar-refractivity contribution is 5.97. The van der Waals surface area contributed by atoms with Crippen LogP contribution in [0.15, 0.2) is 30.5 Å². The maximum Gasteiger partial charge on any atom is 0.326 e. The molecule has 16 heteroatoms. The van der Waals surface area contributed by atoms with Crippen LogP contribution in [-0.2, 0) is 40.0 Å². The highest BCUT2D eigenvalue weighted by atomic mass is 16.4. The van der Waals surface area contributed by atoms with Gasteiger partial charge in [0.15, 0.2) is 0 Å². The molecular formula is C24H31N7O9. The summed E-state index contributed by atoms with van der Waals surface area (Å²) < 4.78 is 0. The first-order chi connectivity index (χ1) is 18.8. The molecule has 4 unspecified atom stereocenters. The summed E-state index contributed by atoms with van der Waals surface area (Å²) >= 11 is 0. The zero-order valence-electron chi connectivity index (χ0n) is 21.2. The number of aliphatic carboxylic acids is 2. The van der Waals surface area contributed by atoms with E-state index in [9.17, 15) is 38.7 Å². The van der Waals surface area contributed by atoms with E-state index in [0.717, 1.165) is 16.5 Å². The zero-order valence-corrected chi connectivity index (χ0v) is 21.2. The average molecular weight is 562 g/mol. The third kappa shape index (κ3) is 9.39. The largest absolute Gasteiger partial charge is 0.481 e. The Labute approximate surface area is 227 Å². The third-order valence-electron chi connectivity index (χ3n) is 5.79. The first-order valence-electron chi connectivity index (χ1n) is 12.0. The van der Waals surface area contributed by atoms with Crippen LogP contribution in [0.3, 0.4) is 0 Å². The molecule has 0 aliphatic carbocycles. The van der Waals surface area contributed by atoms with E-state index in [4.69, 9.17) is 22.3 Å². The molecule has 0 radical (unpaired) electrons. The Morgan fingerprint density at radius 2 is 1.35 bits per heavy atom. The number of nitrogens with two attached hydrogens (primary N) is 3. The van der Waals surface area contributed by atoms with E-state index in [1.54, 1.807) is 6.20 Å². The summed E-state index contributed by atoms with van der Waals surface area (Å²) in [6.07, 6.45) is -0.752. The van der Waals surface area contributed by atoms with Gasteiger partial charge in [0.2, 0.25) is 29.5 Å². The number of hydrogen-bond acceptors (Lipinski definition) is 8. The van der Waals surface area contributed by atoms with Crippen molar-refractivity contribution < 1.29 is 43.8 Å². The standard InChI is InChI=1S/C24H31N7O9/c25-13(7-11-10-28-14-4-2-1-3-12(11)14)21(36)29-15(5-6-20(34)35)22(37)30-16(8-18(26)32)23(38)31-17(24(39)40)9-19(27)33/h1-4,10,13,15-17,28H,5-9,25H2,(H2,26,32)(H2,27,33)(H,29,36)(H,30,37)(H,31,38)(H,34,35)(H,39,40). The van der Waals surface area contributed by atoms with Crippen molar-refractivity contribution in [2.45, 2.75) is 56.3 Å². The third-order valence-corrected chi connectivity index (χ3v) is 5.79. The van der Waals surface area contributed by atoms with E-state index in [2.05, 4.69) is 15.6 Å². The SMILES string of the molecule is NC(=O)CC(NC(=O)C(CC(N)=O)NC(=O)C(CCC(=O)O)NC(=O)C(N)Cc1c[nH]c2ccccc12)C(=O)O. The predicted octanol–water partition coefficient (Wildman–Crippen LogP) is -2.81. The molecule has 216 valence electrons. The molecule has 0 fully saturated rings. The molecule has 1 heterocycles. The minimum Gasteiger partial charge on any atom is -0.481 e. The number of carboxylic acid groups (broad SMARTS) is 2. The van der Waals surface area contributed by atoms with E-state index < -0.39 is 91.3 Å². The molecule has 1 aromatic heterocycles. The molecule has 0 saturated heterocycles. The van der Waals surface area contributed by atoms with Gasteiger partial charge < -0.3 is 48.3 Å². The lowest BCUT2D eigenvalue weighted by Gasteiger charge is -2.24. The number of fused-ring (bicyclic) bond motifs is 1. The van der Waals surface area contributed by atoms with Crippen molar-refractivity contribution in [1.82, 2.24) is 20.9 Å². The number of carbonyl (C=O) groups excluding carboxylic acids is 5. The van der Waals surface area contributed by atoms with Crippen LogP contribution in [0.25, 0.3) is 10.9 Å². The van der Waals surface area contributed by atoms with Crippen LogP contribution in [0.5, 0.6) is 0 Å². The Morgan fingerprint density at radius 3 is 1.95 bits per heavy atom. The van der Waals surface area contributed by atoms with Crippen molar-refractivity contribution >= 4 is 52.4 Å². The fraction of sp³-hybridized carbons (Fsp3) is 0.375. The first-order valence-corrected chi connectivity index (χ1v) is 12.0. The van der Waals surface area contributed by atoms with Gasteiger partial charge in [-0.3, -0.25) is 28.8 Å². The van der Waals surface area contributed by atoms with Gasteiger partial charge >= 0.3 is 11.9 Å². The first kappa shape index (κ1) is 31.2. The van der Waals surface area contributed by atoms with Crippen molar-refractivity contribution in [3.05, 3.63) is 36.0 Å². The number of para-hydroxylation sites is 1. The van der Waals surface area contributed by atoms with Gasteiger partial charge in [-0.05, 0) is 24.5 Å². The van der Waals surface area contributed by atoms with Crippen LogP contribution in [0, 0.1) is 0 Å². The van der Waals surface area contributed by atoms with Gasteiger partial charge in [0.1, 0.15) is 18.1 Å². The fourth-order valence-corrected chi connectivity index (χ4v) is 3.80. The highest BCUT2D eigenvalue weighted by Gasteiger charge is 2.32. The topological polar surface area (TPSA) is 290 Å². The monoisotopic (exact) mass is 561 g/mol. The number of amides is 5. The van der Waals surface area contributed by atoms with Crippen LogP contribution in [0.4, 0.5) is 0 Å². The lowest BCUT2D eigenvalue weighted by Crippen LogP contribution is -2.58. The molecule has 12 N–H and O–H groups in total. The molecular weight excluding hydrogens is 530 g/mol. The summed E-state index contributed by atoms with van der Waals surface area (Å²) in [7, 11) is 0. The Kier molecular flexibility index (Phi) is 11.1. The molecule has 16 nitrogen and oxygen atoms in total. The number of aromatic amines is 1. The van der Waals surface area contributed by atoms with Crippen molar-refractivity contribution in [3.63, 3.8) is 0 Å². The van der Waals surface area contributed by atoms with Crippen molar-refractivity contribution in [2.75, 3.05) is 0 Å².